The Kier molecular flexibility index (Phi) is 19.9. The molecule has 0 aromatic heterocycles. The van der Waals surface area contributed by atoms with Crippen molar-refractivity contribution in [3.05, 3.63) is 29.8 Å². The molecule has 0 saturated heterocycles. The van der Waals surface area contributed by atoms with Crippen molar-refractivity contribution in [2.75, 3.05) is 18.9 Å². The summed E-state index contributed by atoms with van der Waals surface area (Å²) in [4.78, 5) is 44.2. The highest BCUT2D eigenvalue weighted by atomic mass is 16.5. The summed E-state index contributed by atoms with van der Waals surface area (Å²) in [6.45, 7) is 12.4. The summed E-state index contributed by atoms with van der Waals surface area (Å²) in [5, 5.41) is 10.7. The summed E-state index contributed by atoms with van der Waals surface area (Å²) in [5.41, 5.74) is 6.28. The van der Waals surface area contributed by atoms with Crippen molar-refractivity contribution in [2.45, 2.75) is 73.1 Å². The van der Waals surface area contributed by atoms with Crippen molar-refractivity contribution in [2.24, 2.45) is 11.7 Å². The molecule has 2 unspecified atom stereocenters. The number of hydrogen-bond donors (Lipinski definition) is 5. The van der Waals surface area contributed by atoms with Crippen LogP contribution < -0.4 is 27.0 Å². The molecule has 2 atom stereocenters. The molecule has 0 heterocycles. The first-order valence-corrected chi connectivity index (χ1v) is 11.5. The van der Waals surface area contributed by atoms with E-state index in [1.165, 1.54) is 6.92 Å². The Bertz CT molecular complexity index is 710. The molecule has 0 saturated carbocycles. The van der Waals surface area contributed by atoms with Crippen molar-refractivity contribution < 1.29 is 23.9 Å². The van der Waals surface area contributed by atoms with E-state index in [-0.39, 0.29) is 18.5 Å². The van der Waals surface area contributed by atoms with Gasteiger partial charge in [-0.05, 0) is 50.4 Å². The standard InChI is InChI=1S/C16H22N4O5.C6H15N.C2H6/c1-11(22)25-9-12-4-6-13(7-5-12)20-15(23)14(19-10-21)3-2-8-18-16(17)24;1-5(2)6(3)7-4;1-2/h4-7,10,14H,2-3,8-9H2,1H3,(H,19,21)(H,20,23)(H3,17,18,24);5-7H,1-4H3;1-2H3. The van der Waals surface area contributed by atoms with Gasteiger partial charge in [-0.2, -0.15) is 0 Å². The number of benzene rings is 1. The highest BCUT2D eigenvalue weighted by Crippen LogP contribution is 2.12. The third-order valence-corrected chi connectivity index (χ3v) is 4.67. The van der Waals surface area contributed by atoms with Crippen LogP contribution in [0, 0.1) is 5.92 Å². The molecule has 4 amide bonds. The Morgan fingerprint density at radius 3 is 2.09 bits per heavy atom. The second-order valence-electron chi connectivity index (χ2n) is 7.56. The topological polar surface area (TPSA) is 152 Å². The molecule has 1 aromatic carbocycles. The average molecular weight is 482 g/mol. The Hall–Kier alpha value is -3.14. The van der Waals surface area contributed by atoms with Crippen molar-refractivity contribution in [1.29, 1.82) is 0 Å². The van der Waals surface area contributed by atoms with E-state index in [1.54, 1.807) is 24.3 Å². The number of esters is 1. The third-order valence-electron chi connectivity index (χ3n) is 4.67. The molecule has 1 aromatic rings. The Labute approximate surface area is 203 Å². The molecule has 34 heavy (non-hydrogen) atoms. The van der Waals surface area contributed by atoms with Crippen LogP contribution in [-0.4, -0.2) is 50.0 Å². The van der Waals surface area contributed by atoms with Crippen molar-refractivity contribution in [3.8, 4) is 0 Å². The molecule has 0 spiro atoms. The first kappa shape index (κ1) is 33.0. The van der Waals surface area contributed by atoms with Gasteiger partial charge in [0.25, 0.3) is 0 Å². The lowest BCUT2D eigenvalue weighted by atomic mass is 10.1. The molecule has 10 heteroatoms. The average Bonchev–Trinajstić information content (AvgIpc) is 2.81. The van der Waals surface area contributed by atoms with Gasteiger partial charge in [0.1, 0.15) is 12.6 Å². The molecule has 10 nitrogen and oxygen atoms in total. The fourth-order valence-corrected chi connectivity index (χ4v) is 2.32. The maximum atomic E-state index is 12.2. The van der Waals surface area contributed by atoms with Gasteiger partial charge < -0.3 is 31.7 Å². The van der Waals surface area contributed by atoms with E-state index in [4.69, 9.17) is 10.5 Å². The minimum Gasteiger partial charge on any atom is -0.461 e. The van der Waals surface area contributed by atoms with E-state index in [0.717, 1.165) is 11.5 Å². The second kappa shape index (κ2) is 20.5. The van der Waals surface area contributed by atoms with Crippen LogP contribution in [0.1, 0.15) is 59.9 Å². The van der Waals surface area contributed by atoms with Gasteiger partial charge in [-0.25, -0.2) is 4.79 Å². The van der Waals surface area contributed by atoms with Gasteiger partial charge in [-0.15, -0.1) is 0 Å². The van der Waals surface area contributed by atoms with Crippen LogP contribution in [-0.2, 0) is 25.7 Å². The highest BCUT2D eigenvalue weighted by Gasteiger charge is 2.17. The number of ether oxygens (including phenoxy) is 1. The predicted molar refractivity (Wildman–Crippen MR) is 135 cm³/mol. The third kappa shape index (κ3) is 17.4. The lowest BCUT2D eigenvalue weighted by molar-refractivity contribution is -0.142. The molecule has 0 aliphatic carbocycles. The quantitative estimate of drug-likeness (QED) is 0.176. The predicted octanol–water partition coefficient (Wildman–Crippen LogP) is 2.53. The molecular weight excluding hydrogens is 438 g/mol. The lowest BCUT2D eigenvalue weighted by Crippen LogP contribution is -2.40. The minimum atomic E-state index is -0.729. The first-order chi connectivity index (χ1) is 16.1. The number of nitrogens with two attached hydrogens (primary N) is 1. The molecule has 194 valence electrons. The van der Waals surface area contributed by atoms with Crippen LogP contribution in [0.15, 0.2) is 24.3 Å². The van der Waals surface area contributed by atoms with E-state index < -0.39 is 12.1 Å². The summed E-state index contributed by atoms with van der Waals surface area (Å²) < 4.78 is 4.88. The minimum absolute atomic E-state index is 0.158. The van der Waals surface area contributed by atoms with Crippen LogP contribution in [0.5, 0.6) is 0 Å². The van der Waals surface area contributed by atoms with Crippen LogP contribution in [0.2, 0.25) is 0 Å². The first-order valence-electron chi connectivity index (χ1n) is 11.5. The molecule has 0 fully saturated rings. The summed E-state index contributed by atoms with van der Waals surface area (Å²) in [6, 6.07) is 6.06. The fraction of sp³-hybridized carbons (Fsp3) is 0.583. The SMILES string of the molecule is CC.CC(=O)OCc1ccc(NC(=O)C(CCCNC(N)=O)NC=O)cc1.CNC(C)C(C)C. The van der Waals surface area contributed by atoms with Crippen LogP contribution >= 0.6 is 0 Å². The zero-order valence-electron chi connectivity index (χ0n) is 21.6. The van der Waals surface area contributed by atoms with E-state index in [9.17, 15) is 19.2 Å². The fourth-order valence-electron chi connectivity index (χ4n) is 2.32. The Morgan fingerprint density at radius 2 is 1.68 bits per heavy atom. The van der Waals surface area contributed by atoms with Crippen molar-refractivity contribution >= 4 is 30.0 Å². The monoisotopic (exact) mass is 481 g/mol. The lowest BCUT2D eigenvalue weighted by Gasteiger charge is -2.16. The number of nitrogens with one attached hydrogen (secondary N) is 4. The molecule has 0 aliphatic heterocycles. The van der Waals surface area contributed by atoms with Crippen molar-refractivity contribution in [3.63, 3.8) is 0 Å². The second-order valence-corrected chi connectivity index (χ2v) is 7.56. The molecule has 6 N–H and O–H groups in total. The molecular formula is C24H43N5O5. The largest absolute Gasteiger partial charge is 0.461 e. The van der Waals surface area contributed by atoms with E-state index >= 15 is 0 Å². The van der Waals surface area contributed by atoms with E-state index in [2.05, 4.69) is 42.0 Å². The van der Waals surface area contributed by atoms with Crippen LogP contribution in [0.4, 0.5) is 10.5 Å². The Balaban J connectivity index is 0. The zero-order valence-corrected chi connectivity index (χ0v) is 21.6. The van der Waals surface area contributed by atoms with Crippen LogP contribution in [0.25, 0.3) is 0 Å². The summed E-state index contributed by atoms with van der Waals surface area (Å²) >= 11 is 0. The van der Waals surface area contributed by atoms with Gasteiger partial charge in [0, 0.05) is 25.2 Å². The number of urea groups is 1. The normalized spacial score (nSPS) is 11.4. The number of primary amides is 1. The van der Waals surface area contributed by atoms with Gasteiger partial charge in [-0.3, -0.25) is 14.4 Å². The number of amides is 4. The number of carbonyl (C=O) groups is 4. The summed E-state index contributed by atoms with van der Waals surface area (Å²) in [5.74, 6) is 0.00916. The summed E-state index contributed by atoms with van der Waals surface area (Å²) in [6.07, 6.45) is 1.27. The molecule has 1 rings (SSSR count). The Morgan fingerprint density at radius 1 is 1.09 bits per heavy atom. The molecule has 0 aliphatic rings. The number of rotatable bonds is 12. The van der Waals surface area contributed by atoms with Gasteiger partial charge in [0.2, 0.25) is 12.3 Å². The van der Waals surface area contributed by atoms with Crippen molar-refractivity contribution in [1.82, 2.24) is 16.0 Å². The maximum Gasteiger partial charge on any atom is 0.312 e. The zero-order chi connectivity index (χ0) is 26.5. The van der Waals surface area contributed by atoms with E-state index in [1.807, 2.05) is 20.9 Å². The number of hydrogen-bond acceptors (Lipinski definition) is 6. The van der Waals surface area contributed by atoms with Gasteiger partial charge in [-0.1, -0.05) is 39.8 Å². The van der Waals surface area contributed by atoms with Crippen LogP contribution in [0.3, 0.4) is 0 Å². The van der Waals surface area contributed by atoms with E-state index in [0.29, 0.717) is 37.5 Å². The molecule has 0 radical (unpaired) electrons. The molecule has 0 bridgehead atoms. The maximum absolute atomic E-state index is 12.2. The van der Waals surface area contributed by atoms with Gasteiger partial charge >= 0.3 is 12.0 Å². The van der Waals surface area contributed by atoms with Gasteiger partial charge in [0.15, 0.2) is 0 Å². The number of carbonyl (C=O) groups excluding carboxylic acids is 4. The smallest absolute Gasteiger partial charge is 0.312 e. The van der Waals surface area contributed by atoms with Gasteiger partial charge in [0.05, 0.1) is 0 Å². The highest BCUT2D eigenvalue weighted by molar-refractivity contribution is 5.95. The number of anilines is 1. The summed E-state index contributed by atoms with van der Waals surface area (Å²) in [7, 11) is 1.99.